The fourth-order valence-corrected chi connectivity index (χ4v) is 5.54. The van der Waals surface area contributed by atoms with Gasteiger partial charge in [0.1, 0.15) is 12.4 Å². The number of fused-ring (bicyclic) bond motifs is 5. The summed E-state index contributed by atoms with van der Waals surface area (Å²) >= 11 is 0. The first kappa shape index (κ1) is 23.8. The number of methoxy groups -OCH3 is 1. The van der Waals surface area contributed by atoms with Crippen molar-refractivity contribution in [3.63, 3.8) is 0 Å². The van der Waals surface area contributed by atoms with E-state index in [1.165, 1.54) is 6.20 Å². The van der Waals surface area contributed by atoms with Crippen LogP contribution in [0.1, 0.15) is 43.4 Å². The summed E-state index contributed by atoms with van der Waals surface area (Å²) in [5.41, 5.74) is 2.26. The van der Waals surface area contributed by atoms with Crippen molar-refractivity contribution in [1.29, 1.82) is 0 Å². The molecule has 0 radical (unpaired) electrons. The third-order valence-corrected chi connectivity index (χ3v) is 7.86. The maximum atomic E-state index is 14.8. The molecule has 0 spiro atoms. The van der Waals surface area contributed by atoms with Crippen LogP contribution in [0.3, 0.4) is 0 Å². The van der Waals surface area contributed by atoms with E-state index in [0.29, 0.717) is 59.5 Å². The quantitative estimate of drug-likeness (QED) is 0.325. The Morgan fingerprint density at radius 2 is 2.05 bits per heavy atom. The van der Waals surface area contributed by atoms with Crippen LogP contribution in [-0.2, 0) is 17.7 Å². The number of oxime groups is 1. The van der Waals surface area contributed by atoms with E-state index in [1.54, 1.807) is 19.2 Å². The van der Waals surface area contributed by atoms with Crippen LogP contribution >= 0.6 is 0 Å². The summed E-state index contributed by atoms with van der Waals surface area (Å²) < 4.78 is 32.0. The fourth-order valence-electron chi connectivity index (χ4n) is 5.54. The van der Waals surface area contributed by atoms with Crippen LogP contribution in [0.25, 0.3) is 11.0 Å². The first-order valence-electron chi connectivity index (χ1n) is 12.5. The SMILES string of the molecule is COc1ccc2ncc(F)c(CCC34CCC(NCc5ccc6c(n5)N/C(=N/O)CO6)(CC3)CO4)c2n1. The lowest BCUT2D eigenvalue weighted by atomic mass is 9.69. The minimum Gasteiger partial charge on any atom is -0.482 e. The molecule has 2 bridgehead atoms. The van der Waals surface area contributed by atoms with Crippen LogP contribution in [-0.4, -0.2) is 57.5 Å². The zero-order valence-corrected chi connectivity index (χ0v) is 20.6. The van der Waals surface area contributed by atoms with Gasteiger partial charge in [0, 0.05) is 23.7 Å². The molecule has 3 aromatic heterocycles. The van der Waals surface area contributed by atoms with Gasteiger partial charge < -0.3 is 30.1 Å². The van der Waals surface area contributed by atoms with E-state index in [-0.39, 0.29) is 23.6 Å². The average molecular weight is 509 g/mol. The molecular formula is C26H29FN6O4. The van der Waals surface area contributed by atoms with Gasteiger partial charge in [-0.3, -0.25) is 4.98 Å². The molecule has 4 aliphatic rings. The molecule has 7 rings (SSSR count). The number of pyridine rings is 3. The van der Waals surface area contributed by atoms with Crippen molar-refractivity contribution in [1.82, 2.24) is 20.3 Å². The number of nitrogens with zero attached hydrogens (tertiary/aromatic N) is 4. The van der Waals surface area contributed by atoms with Crippen molar-refractivity contribution >= 4 is 22.7 Å². The van der Waals surface area contributed by atoms with Crippen molar-refractivity contribution in [2.45, 2.75) is 56.2 Å². The highest BCUT2D eigenvalue weighted by molar-refractivity contribution is 5.98. The molecule has 194 valence electrons. The summed E-state index contributed by atoms with van der Waals surface area (Å²) in [5, 5.41) is 18.8. The van der Waals surface area contributed by atoms with E-state index in [2.05, 4.69) is 30.7 Å². The highest BCUT2D eigenvalue weighted by atomic mass is 19.1. The summed E-state index contributed by atoms with van der Waals surface area (Å²) in [6, 6.07) is 7.34. The van der Waals surface area contributed by atoms with Gasteiger partial charge in [-0.1, -0.05) is 5.16 Å². The number of anilines is 1. The number of hydrogen-bond acceptors (Lipinski definition) is 9. The lowest BCUT2D eigenvalue weighted by Crippen LogP contribution is -2.61. The molecule has 3 N–H and O–H groups in total. The van der Waals surface area contributed by atoms with Gasteiger partial charge in [-0.15, -0.1) is 0 Å². The second-order valence-electron chi connectivity index (χ2n) is 10.0. The van der Waals surface area contributed by atoms with E-state index < -0.39 is 0 Å². The van der Waals surface area contributed by atoms with E-state index >= 15 is 0 Å². The molecule has 3 fully saturated rings. The Bertz CT molecular complexity index is 1340. The number of nitrogens with one attached hydrogen (secondary N) is 2. The van der Waals surface area contributed by atoms with Crippen LogP contribution in [0, 0.1) is 5.82 Å². The van der Waals surface area contributed by atoms with E-state index in [1.807, 2.05) is 12.1 Å². The average Bonchev–Trinajstić information content (AvgIpc) is 2.96. The molecule has 1 saturated carbocycles. The maximum Gasteiger partial charge on any atom is 0.213 e. The summed E-state index contributed by atoms with van der Waals surface area (Å²) in [7, 11) is 1.55. The molecule has 3 aromatic rings. The second kappa shape index (κ2) is 9.38. The molecule has 10 nitrogen and oxygen atoms in total. The third-order valence-electron chi connectivity index (χ3n) is 7.86. The molecular weight excluding hydrogens is 479 g/mol. The number of rotatable bonds is 7. The van der Waals surface area contributed by atoms with Crippen LogP contribution in [0.5, 0.6) is 11.6 Å². The zero-order valence-electron chi connectivity index (χ0n) is 20.6. The Kier molecular flexibility index (Phi) is 6.04. The van der Waals surface area contributed by atoms with Crippen LogP contribution in [0.15, 0.2) is 35.6 Å². The fraction of sp³-hybridized carbons (Fsp3) is 0.462. The summed E-state index contributed by atoms with van der Waals surface area (Å²) in [6.07, 6.45) is 6.30. The second-order valence-corrected chi connectivity index (χ2v) is 10.0. The minimum atomic E-state index is -0.345. The third kappa shape index (κ3) is 4.53. The molecule has 2 saturated heterocycles. The first-order valence-corrected chi connectivity index (χ1v) is 12.5. The standard InChI is InChI=1S/C26H29FN6O4/c1-35-22-5-3-19-23(32-22)17(18(27)13-28-19)6-7-26-10-8-25(9-11-26,15-37-26)29-12-16-2-4-20-24(30-16)31-21(33-34)14-36-20/h2-5,13,29,34H,6-12,14-15H2,1H3,(H,30,31,33). The van der Waals surface area contributed by atoms with Crippen LogP contribution in [0.4, 0.5) is 10.2 Å². The zero-order chi connectivity index (χ0) is 25.5. The number of halogens is 1. The Labute approximate surface area is 213 Å². The largest absolute Gasteiger partial charge is 0.482 e. The molecule has 11 heteroatoms. The Morgan fingerprint density at radius 3 is 2.81 bits per heavy atom. The molecule has 6 heterocycles. The minimum absolute atomic E-state index is 0.107. The van der Waals surface area contributed by atoms with Crippen LogP contribution in [0.2, 0.25) is 0 Å². The maximum absolute atomic E-state index is 14.8. The predicted molar refractivity (Wildman–Crippen MR) is 134 cm³/mol. The van der Waals surface area contributed by atoms with Gasteiger partial charge in [0.25, 0.3) is 0 Å². The monoisotopic (exact) mass is 508 g/mol. The van der Waals surface area contributed by atoms with E-state index in [4.69, 9.17) is 19.4 Å². The van der Waals surface area contributed by atoms with Crippen molar-refractivity contribution in [2.24, 2.45) is 5.16 Å². The molecule has 0 unspecified atom stereocenters. The normalized spacial score (nSPS) is 25.5. The molecule has 0 amide bonds. The van der Waals surface area contributed by atoms with E-state index in [0.717, 1.165) is 37.8 Å². The first-order chi connectivity index (χ1) is 18.0. The van der Waals surface area contributed by atoms with Gasteiger partial charge in [0.05, 0.1) is 42.2 Å². The Morgan fingerprint density at radius 1 is 1.19 bits per heavy atom. The van der Waals surface area contributed by atoms with Gasteiger partial charge in [0.15, 0.2) is 17.4 Å². The number of hydrogen-bond donors (Lipinski definition) is 3. The summed E-state index contributed by atoms with van der Waals surface area (Å²) in [5.74, 6) is 1.59. The number of amidine groups is 1. The highest BCUT2D eigenvalue weighted by Crippen LogP contribution is 2.46. The number of aryl methyl sites for hydroxylation is 1. The smallest absolute Gasteiger partial charge is 0.213 e. The summed E-state index contributed by atoms with van der Waals surface area (Å²) in [4.78, 5) is 13.3. The molecule has 37 heavy (non-hydrogen) atoms. The Balaban J connectivity index is 1.09. The van der Waals surface area contributed by atoms with Gasteiger partial charge in [-0.2, -0.15) is 0 Å². The topological polar surface area (TPSA) is 123 Å². The summed E-state index contributed by atoms with van der Waals surface area (Å²) in [6.45, 7) is 1.37. The molecule has 0 atom stereocenters. The molecule has 1 aliphatic carbocycles. The number of ether oxygens (including phenoxy) is 3. The van der Waals surface area contributed by atoms with Gasteiger partial charge >= 0.3 is 0 Å². The predicted octanol–water partition coefficient (Wildman–Crippen LogP) is 3.57. The molecule has 3 aliphatic heterocycles. The van der Waals surface area contributed by atoms with Gasteiger partial charge in [-0.05, 0) is 56.7 Å². The lowest BCUT2D eigenvalue weighted by Gasteiger charge is -2.53. The van der Waals surface area contributed by atoms with Crippen LogP contribution < -0.4 is 20.1 Å². The highest BCUT2D eigenvalue weighted by Gasteiger charge is 2.49. The van der Waals surface area contributed by atoms with Crippen molar-refractivity contribution in [3.05, 3.63) is 47.5 Å². The number of aromatic nitrogens is 3. The van der Waals surface area contributed by atoms with E-state index in [9.17, 15) is 4.39 Å². The van der Waals surface area contributed by atoms with Crippen molar-refractivity contribution in [2.75, 3.05) is 25.6 Å². The Hall–Kier alpha value is -3.57. The van der Waals surface area contributed by atoms with Gasteiger partial charge in [-0.25, -0.2) is 14.4 Å². The lowest BCUT2D eigenvalue weighted by molar-refractivity contribution is -0.165. The van der Waals surface area contributed by atoms with Crippen molar-refractivity contribution in [3.8, 4) is 11.6 Å². The van der Waals surface area contributed by atoms with Gasteiger partial charge in [0.2, 0.25) is 5.88 Å². The molecule has 0 aromatic carbocycles. The van der Waals surface area contributed by atoms with Crippen molar-refractivity contribution < 1.29 is 23.8 Å².